The van der Waals surface area contributed by atoms with Gasteiger partial charge in [0.2, 0.25) is 0 Å². The number of furan rings is 1. The smallest absolute Gasteiger partial charge is 0.137 e. The lowest BCUT2D eigenvalue weighted by Gasteiger charge is -2.31. The van der Waals surface area contributed by atoms with Gasteiger partial charge in [0, 0.05) is 33.2 Å². The summed E-state index contributed by atoms with van der Waals surface area (Å²) in [5, 5.41) is 2.01. The second-order valence-electron chi connectivity index (χ2n) is 16.2. The van der Waals surface area contributed by atoms with Crippen LogP contribution in [0.4, 0.5) is 17.1 Å². The van der Waals surface area contributed by atoms with Crippen LogP contribution in [0.25, 0.3) is 66.4 Å². The fourth-order valence-corrected chi connectivity index (χ4v) is 9.50. The van der Waals surface area contributed by atoms with Crippen molar-refractivity contribution in [2.24, 2.45) is 0 Å². The number of benzene rings is 8. The summed E-state index contributed by atoms with van der Waals surface area (Å²) in [4.78, 5) is 2.41. The second kappa shape index (κ2) is 11.9. The number of para-hydroxylation sites is 1. The van der Waals surface area contributed by atoms with E-state index in [1.165, 1.54) is 22.3 Å². The first-order valence-electron chi connectivity index (χ1n) is 21.8. The Hall–Kier alpha value is -6.64. The molecule has 0 fully saturated rings. The van der Waals surface area contributed by atoms with Crippen molar-refractivity contribution in [1.29, 1.82) is 0 Å². The highest BCUT2D eigenvalue weighted by Gasteiger charge is 2.41. The van der Waals surface area contributed by atoms with Gasteiger partial charge >= 0.3 is 0 Å². The Morgan fingerprint density at radius 1 is 0.464 bits per heavy atom. The Bertz CT molecular complexity index is 3280. The molecule has 0 radical (unpaired) electrons. The van der Waals surface area contributed by atoms with Gasteiger partial charge in [-0.25, -0.2) is 0 Å². The first-order chi connectivity index (χ1) is 29.4. The number of anilines is 3. The van der Waals surface area contributed by atoms with Crippen LogP contribution in [0.1, 0.15) is 56.8 Å². The molecule has 0 saturated carbocycles. The predicted molar refractivity (Wildman–Crippen MR) is 234 cm³/mol. The summed E-state index contributed by atoms with van der Waals surface area (Å²) in [6, 6.07) is 49.8. The summed E-state index contributed by atoms with van der Waals surface area (Å²) in [6.45, 7) is 9.04. The van der Waals surface area contributed by atoms with E-state index < -0.39 is 11.5 Å². The molecule has 2 heteroatoms. The topological polar surface area (TPSA) is 16.4 Å². The summed E-state index contributed by atoms with van der Waals surface area (Å²) < 4.78 is 49.6. The second-order valence-corrected chi connectivity index (χ2v) is 16.2. The monoisotopic (exact) mass is 724 g/mol. The highest BCUT2D eigenvalue weighted by molar-refractivity contribution is 6.19. The van der Waals surface area contributed by atoms with E-state index >= 15 is 0 Å². The SMILES string of the molecule is [2H]c1c([2H])c([2H])c(-c2ccc3c(c2)C(C)(C)c2cc4oc5ccccc5c4c(N(c4ccc(-c5ccccc5)cc4)c4ccc5c(c4)C(C)(C)c4ccccc4-5)c2-3)c([2H])c1[2H]. The van der Waals surface area contributed by atoms with Crippen LogP contribution in [0, 0.1) is 0 Å². The molecule has 0 spiro atoms. The fourth-order valence-electron chi connectivity index (χ4n) is 9.50. The molecule has 8 aromatic carbocycles. The van der Waals surface area contributed by atoms with E-state index in [1.807, 2.05) is 30.3 Å². The van der Waals surface area contributed by atoms with Gasteiger partial charge in [0.05, 0.1) is 17.9 Å². The minimum Gasteiger partial charge on any atom is -0.456 e. The first kappa shape index (κ1) is 27.9. The molecule has 56 heavy (non-hydrogen) atoms. The number of hydrogen-bond acceptors (Lipinski definition) is 2. The molecule has 268 valence electrons. The molecule has 0 N–H and O–H groups in total. The Morgan fingerprint density at radius 2 is 1.09 bits per heavy atom. The molecule has 2 nitrogen and oxygen atoms in total. The van der Waals surface area contributed by atoms with Crippen molar-refractivity contribution in [2.45, 2.75) is 38.5 Å². The van der Waals surface area contributed by atoms with E-state index in [-0.39, 0.29) is 35.1 Å². The average molecular weight is 725 g/mol. The van der Waals surface area contributed by atoms with Crippen molar-refractivity contribution in [3.8, 4) is 44.5 Å². The zero-order valence-electron chi connectivity index (χ0n) is 36.7. The number of hydrogen-bond donors (Lipinski definition) is 0. The van der Waals surface area contributed by atoms with Crippen molar-refractivity contribution in [3.63, 3.8) is 0 Å². The van der Waals surface area contributed by atoms with Gasteiger partial charge in [-0.3, -0.25) is 0 Å². The molecule has 0 bridgehead atoms. The normalized spacial score (nSPS) is 15.6. The van der Waals surface area contributed by atoms with Gasteiger partial charge in [0.25, 0.3) is 0 Å². The van der Waals surface area contributed by atoms with Crippen LogP contribution in [-0.4, -0.2) is 0 Å². The van der Waals surface area contributed by atoms with Gasteiger partial charge in [-0.2, -0.15) is 0 Å². The maximum Gasteiger partial charge on any atom is 0.137 e. The summed E-state index contributed by atoms with van der Waals surface area (Å²) in [5.41, 5.74) is 16.2. The molecular weight excluding hydrogens is 679 g/mol. The molecule has 11 rings (SSSR count). The number of nitrogens with zero attached hydrogens (tertiary/aromatic N) is 1. The maximum absolute atomic E-state index is 8.83. The maximum atomic E-state index is 8.83. The van der Waals surface area contributed by atoms with E-state index in [1.54, 1.807) is 0 Å². The van der Waals surface area contributed by atoms with Gasteiger partial charge in [-0.05, 0) is 104 Å². The summed E-state index contributed by atoms with van der Waals surface area (Å²) in [5.74, 6) is 0. The third kappa shape index (κ3) is 4.69. The number of rotatable bonds is 5. The van der Waals surface area contributed by atoms with Crippen molar-refractivity contribution in [2.75, 3.05) is 4.90 Å². The van der Waals surface area contributed by atoms with Gasteiger partial charge < -0.3 is 9.32 Å². The molecule has 1 aromatic heterocycles. The molecule has 1 heterocycles. The molecule has 0 atom stereocenters. The van der Waals surface area contributed by atoms with Crippen LogP contribution >= 0.6 is 0 Å². The van der Waals surface area contributed by atoms with Crippen molar-refractivity contribution in [3.05, 3.63) is 198 Å². The summed E-state index contributed by atoms with van der Waals surface area (Å²) in [7, 11) is 0. The van der Waals surface area contributed by atoms with Crippen molar-refractivity contribution in [1.82, 2.24) is 0 Å². The van der Waals surface area contributed by atoms with Gasteiger partial charge in [0.15, 0.2) is 0 Å². The molecule has 0 unspecified atom stereocenters. The Kier molecular flexibility index (Phi) is 5.94. The molecule has 2 aliphatic carbocycles. The van der Waals surface area contributed by atoms with E-state index in [0.29, 0.717) is 5.56 Å². The van der Waals surface area contributed by atoms with Gasteiger partial charge in [-0.1, -0.05) is 161 Å². The molecule has 0 aliphatic heterocycles. The number of fused-ring (bicyclic) bond motifs is 9. The Morgan fingerprint density at radius 3 is 1.91 bits per heavy atom. The Labute approximate surface area is 335 Å². The lowest BCUT2D eigenvalue weighted by atomic mass is 9.81. The summed E-state index contributed by atoms with van der Waals surface area (Å²) >= 11 is 0. The van der Waals surface area contributed by atoms with E-state index in [9.17, 15) is 0 Å². The third-order valence-corrected chi connectivity index (χ3v) is 12.3. The van der Waals surface area contributed by atoms with Crippen LogP contribution < -0.4 is 4.90 Å². The Balaban J connectivity index is 1.22. The molecule has 0 saturated heterocycles. The zero-order valence-corrected chi connectivity index (χ0v) is 31.7. The van der Waals surface area contributed by atoms with Crippen LogP contribution in [0.2, 0.25) is 0 Å². The highest BCUT2D eigenvalue weighted by atomic mass is 16.3. The highest BCUT2D eigenvalue weighted by Crippen LogP contribution is 2.59. The van der Waals surface area contributed by atoms with Crippen LogP contribution in [0.5, 0.6) is 0 Å². The van der Waals surface area contributed by atoms with Crippen molar-refractivity contribution >= 4 is 39.0 Å². The molecule has 0 amide bonds. The van der Waals surface area contributed by atoms with E-state index in [4.69, 9.17) is 11.3 Å². The zero-order chi connectivity index (χ0) is 42.1. The summed E-state index contributed by atoms with van der Waals surface area (Å²) in [6.07, 6.45) is 0. The standard InChI is InChI=1S/C54H41NO/c1-53(2)44-21-13-11-19-40(44)41-30-28-39(32-46(41)53)55(38-26-23-36(24-27-38)34-15-7-5-8-16-34)52-50-42-29-25-37(35-17-9-6-10-18-35)31-45(42)54(3,4)47(50)33-49-51(52)43-20-12-14-22-48(43)56-49/h5-33H,1-4H3/i6D,9D,10D,17D,18D. The minimum atomic E-state index is -0.555. The van der Waals surface area contributed by atoms with Gasteiger partial charge in [-0.15, -0.1) is 0 Å². The van der Waals surface area contributed by atoms with Crippen LogP contribution in [-0.2, 0) is 10.8 Å². The van der Waals surface area contributed by atoms with Gasteiger partial charge in [0.1, 0.15) is 11.2 Å². The van der Waals surface area contributed by atoms with E-state index in [2.05, 4.69) is 148 Å². The van der Waals surface area contributed by atoms with Crippen LogP contribution in [0.15, 0.2) is 180 Å². The molecular formula is C54H41NO. The molecule has 9 aromatic rings. The first-order valence-corrected chi connectivity index (χ1v) is 19.3. The lowest BCUT2D eigenvalue weighted by Crippen LogP contribution is -2.18. The lowest BCUT2D eigenvalue weighted by molar-refractivity contribution is 0.647. The van der Waals surface area contributed by atoms with Crippen molar-refractivity contribution < 1.29 is 11.3 Å². The third-order valence-electron chi connectivity index (χ3n) is 12.3. The largest absolute Gasteiger partial charge is 0.456 e. The van der Waals surface area contributed by atoms with E-state index in [0.717, 1.165) is 72.4 Å². The molecule has 2 aliphatic rings. The predicted octanol–water partition coefficient (Wildman–Crippen LogP) is 15.0. The fraction of sp³-hybridized carbons (Fsp3) is 0.111. The van der Waals surface area contributed by atoms with Crippen LogP contribution in [0.3, 0.4) is 0 Å². The quantitative estimate of drug-likeness (QED) is 0.176. The minimum absolute atomic E-state index is 0.197. The average Bonchev–Trinajstić information content (AvgIpc) is 3.85.